The first kappa shape index (κ1) is 18.4. The Labute approximate surface area is 121 Å². The molecule has 0 amide bonds. The van der Waals surface area contributed by atoms with Crippen molar-refractivity contribution >= 4 is 13.9 Å². The molecule has 0 aromatic heterocycles. The van der Waals surface area contributed by atoms with Crippen LogP contribution in [0.2, 0.25) is 16.6 Å². The summed E-state index contributed by atoms with van der Waals surface area (Å²) < 4.78 is 0. The van der Waals surface area contributed by atoms with Crippen molar-refractivity contribution < 1.29 is 4.79 Å². The molecule has 0 atom stereocenters. The minimum Gasteiger partial charge on any atom is -0.285 e. The molecule has 0 aromatic carbocycles. The first-order valence-electron chi connectivity index (χ1n) is 7.84. The van der Waals surface area contributed by atoms with Crippen LogP contribution in [0.3, 0.4) is 0 Å². The van der Waals surface area contributed by atoms with Gasteiger partial charge in [-0.15, -0.1) is 5.54 Å². The highest BCUT2D eigenvalue weighted by Gasteiger charge is 2.41. The highest BCUT2D eigenvalue weighted by molar-refractivity contribution is 6.90. The second-order valence-corrected chi connectivity index (χ2v) is 12.1. The molecule has 0 N–H and O–H groups in total. The number of hydrogen-bond donors (Lipinski definition) is 0. The van der Waals surface area contributed by atoms with Crippen LogP contribution in [0.1, 0.15) is 74.1 Å². The zero-order valence-electron chi connectivity index (χ0n) is 14.0. The molecular weight excluding hydrogens is 248 g/mol. The first-order valence-corrected chi connectivity index (χ1v) is 10.1. The molecule has 0 saturated carbocycles. The second kappa shape index (κ2) is 8.58. The molecule has 0 radical (unpaired) electrons. The normalized spacial score (nSPS) is 11.9. The van der Waals surface area contributed by atoms with E-state index >= 15 is 0 Å². The molecule has 110 valence electrons. The van der Waals surface area contributed by atoms with Gasteiger partial charge in [0.1, 0.15) is 8.07 Å². The van der Waals surface area contributed by atoms with Gasteiger partial charge in [-0.25, -0.2) is 0 Å². The van der Waals surface area contributed by atoms with Crippen molar-refractivity contribution in [3.05, 3.63) is 0 Å². The predicted octanol–water partition coefficient (Wildman–Crippen LogP) is 5.36. The van der Waals surface area contributed by atoms with Crippen molar-refractivity contribution in [2.45, 2.75) is 90.8 Å². The Balaban J connectivity index is 4.99. The molecule has 0 aliphatic rings. The molecule has 0 bridgehead atoms. The average molecular weight is 281 g/mol. The fourth-order valence-corrected chi connectivity index (χ4v) is 8.43. The minimum absolute atomic E-state index is 0.146. The summed E-state index contributed by atoms with van der Waals surface area (Å²) in [5.74, 6) is 3.14. The molecule has 0 aliphatic heterocycles. The molecular formula is C17H32OSi. The third-order valence-corrected chi connectivity index (χ3v) is 10.6. The van der Waals surface area contributed by atoms with E-state index in [0.29, 0.717) is 23.0 Å². The van der Waals surface area contributed by atoms with Gasteiger partial charge >= 0.3 is 0 Å². The van der Waals surface area contributed by atoms with Gasteiger partial charge in [0.25, 0.3) is 0 Å². The standard InChI is InChI=1S/C17H32OSi/c1-8-9-10-11-17(18)12-13-19(14(2)3,15(4)5)16(6)7/h14-16H,8-11H2,1-7H3. The Morgan fingerprint density at radius 3 is 1.79 bits per heavy atom. The van der Waals surface area contributed by atoms with Crippen molar-refractivity contribution in [3.8, 4) is 11.5 Å². The summed E-state index contributed by atoms with van der Waals surface area (Å²) >= 11 is 0. The van der Waals surface area contributed by atoms with Crippen molar-refractivity contribution in [3.63, 3.8) is 0 Å². The maximum Gasteiger partial charge on any atom is 0.204 e. The molecule has 0 unspecified atom stereocenters. The maximum atomic E-state index is 11.9. The Bertz CT molecular complexity index is 309. The summed E-state index contributed by atoms with van der Waals surface area (Å²) in [4.78, 5) is 11.9. The first-order chi connectivity index (χ1) is 8.78. The summed E-state index contributed by atoms with van der Waals surface area (Å²) in [5, 5.41) is 0. The third kappa shape index (κ3) is 5.14. The van der Waals surface area contributed by atoms with Gasteiger partial charge < -0.3 is 0 Å². The average Bonchev–Trinajstić information content (AvgIpc) is 2.28. The predicted molar refractivity (Wildman–Crippen MR) is 88.0 cm³/mol. The third-order valence-electron chi connectivity index (χ3n) is 4.29. The van der Waals surface area contributed by atoms with Crippen LogP contribution in [-0.4, -0.2) is 13.9 Å². The molecule has 2 heteroatoms. The van der Waals surface area contributed by atoms with E-state index in [1.165, 1.54) is 0 Å². The Morgan fingerprint density at radius 1 is 0.947 bits per heavy atom. The lowest BCUT2D eigenvalue weighted by Gasteiger charge is -2.37. The number of rotatable bonds is 7. The number of Topliss-reactive ketones (excluding diaryl/α,β-unsaturated/α-hetero) is 1. The van der Waals surface area contributed by atoms with Gasteiger partial charge in [-0.05, 0) is 29.0 Å². The van der Waals surface area contributed by atoms with Gasteiger partial charge in [-0.1, -0.05) is 61.3 Å². The lowest BCUT2D eigenvalue weighted by atomic mass is 10.1. The van der Waals surface area contributed by atoms with Crippen molar-refractivity contribution in [1.82, 2.24) is 0 Å². The number of carbonyl (C=O) groups excluding carboxylic acids is 1. The number of unbranched alkanes of at least 4 members (excludes halogenated alkanes) is 2. The SMILES string of the molecule is CCCCCC(=O)C#C[Si](C(C)C)(C(C)C)C(C)C. The number of ketones is 1. The second-order valence-electron chi connectivity index (χ2n) is 6.53. The highest BCUT2D eigenvalue weighted by atomic mass is 28.3. The van der Waals surface area contributed by atoms with Crippen LogP contribution in [0.4, 0.5) is 0 Å². The molecule has 0 spiro atoms. The fraction of sp³-hybridized carbons (Fsp3) is 0.824. The van der Waals surface area contributed by atoms with Crippen LogP contribution in [-0.2, 0) is 4.79 Å². The van der Waals surface area contributed by atoms with Gasteiger partial charge in [0.05, 0.1) is 0 Å². The molecule has 0 aliphatic carbocycles. The van der Waals surface area contributed by atoms with Gasteiger partial charge in [0.2, 0.25) is 5.78 Å². The van der Waals surface area contributed by atoms with Crippen LogP contribution >= 0.6 is 0 Å². The summed E-state index contributed by atoms with van der Waals surface area (Å²) in [7, 11) is -1.72. The number of hydrogen-bond acceptors (Lipinski definition) is 1. The van der Waals surface area contributed by atoms with Crippen LogP contribution in [0, 0.1) is 11.5 Å². The molecule has 0 heterocycles. The van der Waals surface area contributed by atoms with Crippen LogP contribution in [0.5, 0.6) is 0 Å². The van der Waals surface area contributed by atoms with E-state index in [1.54, 1.807) is 0 Å². The van der Waals surface area contributed by atoms with Gasteiger partial charge in [0, 0.05) is 6.42 Å². The lowest BCUT2D eigenvalue weighted by molar-refractivity contribution is -0.113. The van der Waals surface area contributed by atoms with E-state index in [-0.39, 0.29) is 5.78 Å². The van der Waals surface area contributed by atoms with Crippen molar-refractivity contribution in [2.24, 2.45) is 0 Å². The Kier molecular flexibility index (Phi) is 8.33. The van der Waals surface area contributed by atoms with Gasteiger partial charge in [0.15, 0.2) is 0 Å². The van der Waals surface area contributed by atoms with Gasteiger partial charge in [-0.3, -0.25) is 4.79 Å². The van der Waals surface area contributed by atoms with Crippen molar-refractivity contribution in [1.29, 1.82) is 0 Å². The molecule has 0 fully saturated rings. The van der Waals surface area contributed by atoms with Gasteiger partial charge in [-0.2, -0.15) is 0 Å². The number of carbonyl (C=O) groups is 1. The topological polar surface area (TPSA) is 17.1 Å². The fourth-order valence-electron chi connectivity index (χ4n) is 3.21. The van der Waals surface area contributed by atoms with E-state index in [0.717, 1.165) is 19.3 Å². The van der Waals surface area contributed by atoms with Crippen LogP contribution in [0.15, 0.2) is 0 Å². The molecule has 0 rings (SSSR count). The Morgan fingerprint density at radius 2 is 1.42 bits per heavy atom. The van der Waals surface area contributed by atoms with Crippen LogP contribution in [0.25, 0.3) is 0 Å². The summed E-state index contributed by atoms with van der Waals surface area (Å²) in [6.07, 6.45) is 3.92. The van der Waals surface area contributed by atoms with E-state index < -0.39 is 8.07 Å². The monoisotopic (exact) mass is 280 g/mol. The summed E-state index contributed by atoms with van der Waals surface area (Å²) in [6, 6.07) is 0. The molecule has 0 saturated heterocycles. The largest absolute Gasteiger partial charge is 0.285 e. The van der Waals surface area contributed by atoms with Crippen LogP contribution < -0.4 is 0 Å². The van der Waals surface area contributed by atoms with E-state index in [9.17, 15) is 4.79 Å². The summed E-state index contributed by atoms with van der Waals surface area (Å²) in [5.41, 5.74) is 5.30. The highest BCUT2D eigenvalue weighted by Crippen LogP contribution is 2.40. The minimum atomic E-state index is -1.72. The quantitative estimate of drug-likeness (QED) is 0.349. The zero-order chi connectivity index (χ0) is 15.1. The zero-order valence-corrected chi connectivity index (χ0v) is 15.0. The Hall–Kier alpha value is -0.553. The summed E-state index contributed by atoms with van der Waals surface area (Å²) in [6.45, 7) is 15.8. The molecule has 1 nitrogen and oxygen atoms in total. The maximum absolute atomic E-state index is 11.9. The smallest absolute Gasteiger partial charge is 0.204 e. The lowest BCUT2D eigenvalue weighted by Crippen LogP contribution is -2.43. The van der Waals surface area contributed by atoms with Crippen molar-refractivity contribution in [2.75, 3.05) is 0 Å². The van der Waals surface area contributed by atoms with E-state index in [4.69, 9.17) is 0 Å². The molecule has 0 aromatic rings. The van der Waals surface area contributed by atoms with E-state index in [1.807, 2.05) is 0 Å². The molecule has 19 heavy (non-hydrogen) atoms. The van der Waals surface area contributed by atoms with E-state index in [2.05, 4.69) is 59.9 Å².